The summed E-state index contributed by atoms with van der Waals surface area (Å²) in [6.45, 7) is 2.24. The number of halogens is 1. The van der Waals surface area contributed by atoms with Gasteiger partial charge in [0.15, 0.2) is 0 Å². The fourth-order valence-corrected chi connectivity index (χ4v) is 1.66. The van der Waals surface area contributed by atoms with E-state index in [0.717, 1.165) is 28.4 Å². The maximum Gasteiger partial charge on any atom is 0.0688 e. The van der Waals surface area contributed by atoms with E-state index in [9.17, 15) is 0 Å². The Kier molecular flexibility index (Phi) is 4.91. The molecule has 0 aromatic heterocycles. The molecule has 1 aromatic carbocycles. The Morgan fingerprint density at radius 1 is 1.43 bits per heavy atom. The molecule has 2 heteroatoms. The van der Waals surface area contributed by atoms with Crippen molar-refractivity contribution >= 4 is 22.0 Å². The molecule has 0 saturated carbocycles. The number of unbranched alkanes of at least 4 members (excludes halogenated alkanes) is 1. The fraction of sp³-hybridized carbons (Fsp3) is 0.333. The van der Waals surface area contributed by atoms with Crippen LogP contribution in [0.3, 0.4) is 0 Å². The summed E-state index contributed by atoms with van der Waals surface area (Å²) in [5.41, 5.74) is 2.07. The van der Waals surface area contributed by atoms with Crippen molar-refractivity contribution in [2.45, 2.75) is 26.4 Å². The largest absolute Gasteiger partial charge is 0.392 e. The molecular weight excluding hydrogens is 240 g/mol. The fourth-order valence-electron chi connectivity index (χ4n) is 1.25. The van der Waals surface area contributed by atoms with Gasteiger partial charge in [0, 0.05) is 4.47 Å². The summed E-state index contributed by atoms with van der Waals surface area (Å²) in [7, 11) is 0. The van der Waals surface area contributed by atoms with Gasteiger partial charge in [-0.05, 0) is 29.7 Å². The zero-order chi connectivity index (χ0) is 10.4. The smallest absolute Gasteiger partial charge is 0.0688 e. The van der Waals surface area contributed by atoms with Gasteiger partial charge in [-0.1, -0.05) is 47.5 Å². The van der Waals surface area contributed by atoms with Crippen molar-refractivity contribution < 1.29 is 5.11 Å². The van der Waals surface area contributed by atoms with Gasteiger partial charge in [0.05, 0.1) is 6.61 Å². The molecule has 0 bridgehead atoms. The molecule has 1 aromatic rings. The minimum atomic E-state index is 0.0885. The van der Waals surface area contributed by atoms with E-state index < -0.39 is 0 Å². The molecule has 0 spiro atoms. The molecule has 0 unspecified atom stereocenters. The van der Waals surface area contributed by atoms with Crippen molar-refractivity contribution in [1.82, 2.24) is 0 Å². The maximum absolute atomic E-state index is 9.14. The lowest BCUT2D eigenvalue weighted by Crippen LogP contribution is -1.87. The van der Waals surface area contributed by atoms with Crippen LogP contribution in [0.2, 0.25) is 0 Å². The molecule has 0 fully saturated rings. The Labute approximate surface area is 93.6 Å². The van der Waals surface area contributed by atoms with Gasteiger partial charge in [-0.3, -0.25) is 0 Å². The third-order valence-electron chi connectivity index (χ3n) is 2.03. The third-order valence-corrected chi connectivity index (χ3v) is 2.52. The highest BCUT2D eigenvalue weighted by Gasteiger charge is 1.98. The molecule has 0 radical (unpaired) electrons. The van der Waals surface area contributed by atoms with Crippen LogP contribution in [0.1, 0.15) is 30.9 Å². The highest BCUT2D eigenvalue weighted by atomic mass is 79.9. The summed E-state index contributed by atoms with van der Waals surface area (Å²) in [6, 6.07) is 5.96. The summed E-state index contributed by atoms with van der Waals surface area (Å²) in [6.07, 6.45) is 6.45. The molecule has 1 nitrogen and oxygen atoms in total. The molecule has 0 aliphatic rings. The molecule has 0 amide bonds. The second-order valence-electron chi connectivity index (χ2n) is 3.19. The molecule has 0 heterocycles. The Balaban J connectivity index is 2.85. The van der Waals surface area contributed by atoms with Crippen LogP contribution in [-0.2, 0) is 6.61 Å². The second-order valence-corrected chi connectivity index (χ2v) is 4.11. The second kappa shape index (κ2) is 5.99. The molecule has 1 N–H and O–H groups in total. The van der Waals surface area contributed by atoms with Crippen LogP contribution in [0.5, 0.6) is 0 Å². The number of benzene rings is 1. The third kappa shape index (κ3) is 3.28. The van der Waals surface area contributed by atoms with Crippen LogP contribution in [0, 0.1) is 0 Å². The van der Waals surface area contributed by atoms with E-state index in [2.05, 4.69) is 35.0 Å². The van der Waals surface area contributed by atoms with E-state index in [4.69, 9.17) is 5.11 Å². The van der Waals surface area contributed by atoms with Gasteiger partial charge in [-0.2, -0.15) is 0 Å². The number of aliphatic hydroxyl groups excluding tert-OH is 1. The zero-order valence-electron chi connectivity index (χ0n) is 8.33. The standard InChI is InChI=1S/C12H15BrO/c1-2-3-4-5-10-6-7-12(13)8-11(10)9-14/h4-8,14H,2-3,9H2,1H3/b5-4+. The van der Waals surface area contributed by atoms with E-state index in [-0.39, 0.29) is 6.61 Å². The first-order valence-electron chi connectivity index (χ1n) is 4.83. The summed E-state index contributed by atoms with van der Waals surface area (Å²) in [5.74, 6) is 0. The van der Waals surface area contributed by atoms with Gasteiger partial charge in [0.25, 0.3) is 0 Å². The quantitative estimate of drug-likeness (QED) is 0.868. The van der Waals surface area contributed by atoms with E-state index in [1.165, 1.54) is 0 Å². The SMILES string of the molecule is CCC/C=C/c1ccc(Br)cc1CO. The Bertz CT molecular complexity index is 318. The highest BCUT2D eigenvalue weighted by Crippen LogP contribution is 2.18. The van der Waals surface area contributed by atoms with Crippen molar-refractivity contribution in [2.75, 3.05) is 0 Å². The molecular formula is C12H15BrO. The normalized spacial score (nSPS) is 11.1. The van der Waals surface area contributed by atoms with Gasteiger partial charge >= 0.3 is 0 Å². The molecule has 1 rings (SSSR count). The lowest BCUT2D eigenvalue weighted by Gasteiger charge is -2.03. The van der Waals surface area contributed by atoms with Crippen LogP contribution in [-0.4, -0.2) is 5.11 Å². The van der Waals surface area contributed by atoms with Gasteiger partial charge in [-0.25, -0.2) is 0 Å². The summed E-state index contributed by atoms with van der Waals surface area (Å²) < 4.78 is 1.01. The Hall–Kier alpha value is -0.600. The maximum atomic E-state index is 9.14. The molecule has 14 heavy (non-hydrogen) atoms. The van der Waals surface area contributed by atoms with Crippen LogP contribution in [0.15, 0.2) is 28.7 Å². The van der Waals surface area contributed by atoms with Crippen molar-refractivity contribution in [3.8, 4) is 0 Å². The average Bonchev–Trinajstić information content (AvgIpc) is 2.20. The summed E-state index contributed by atoms with van der Waals surface area (Å²) in [5, 5.41) is 9.14. The number of allylic oxidation sites excluding steroid dienone is 1. The minimum absolute atomic E-state index is 0.0885. The van der Waals surface area contributed by atoms with Gasteiger partial charge in [0.2, 0.25) is 0 Å². The first-order chi connectivity index (χ1) is 6.77. The lowest BCUT2D eigenvalue weighted by atomic mass is 10.1. The predicted molar refractivity (Wildman–Crippen MR) is 64.0 cm³/mol. The Morgan fingerprint density at radius 3 is 2.86 bits per heavy atom. The lowest BCUT2D eigenvalue weighted by molar-refractivity contribution is 0.281. The van der Waals surface area contributed by atoms with Crippen LogP contribution in [0.25, 0.3) is 6.08 Å². The molecule has 0 saturated heterocycles. The topological polar surface area (TPSA) is 20.2 Å². The van der Waals surface area contributed by atoms with Crippen molar-refractivity contribution in [2.24, 2.45) is 0 Å². The van der Waals surface area contributed by atoms with Crippen molar-refractivity contribution in [3.63, 3.8) is 0 Å². The van der Waals surface area contributed by atoms with Crippen molar-refractivity contribution in [3.05, 3.63) is 39.9 Å². The van der Waals surface area contributed by atoms with Crippen LogP contribution >= 0.6 is 15.9 Å². The zero-order valence-corrected chi connectivity index (χ0v) is 9.92. The van der Waals surface area contributed by atoms with Crippen LogP contribution < -0.4 is 0 Å². The van der Waals surface area contributed by atoms with E-state index >= 15 is 0 Å². The number of hydrogen-bond donors (Lipinski definition) is 1. The van der Waals surface area contributed by atoms with E-state index in [1.54, 1.807) is 0 Å². The van der Waals surface area contributed by atoms with E-state index in [0.29, 0.717) is 0 Å². The summed E-state index contributed by atoms with van der Waals surface area (Å²) >= 11 is 3.38. The first kappa shape index (κ1) is 11.5. The van der Waals surface area contributed by atoms with E-state index in [1.807, 2.05) is 18.2 Å². The molecule has 76 valence electrons. The van der Waals surface area contributed by atoms with Crippen LogP contribution in [0.4, 0.5) is 0 Å². The first-order valence-corrected chi connectivity index (χ1v) is 5.63. The summed E-state index contributed by atoms with van der Waals surface area (Å²) in [4.78, 5) is 0. The van der Waals surface area contributed by atoms with Gasteiger partial charge in [-0.15, -0.1) is 0 Å². The minimum Gasteiger partial charge on any atom is -0.392 e. The van der Waals surface area contributed by atoms with Gasteiger partial charge < -0.3 is 5.11 Å². The number of aliphatic hydroxyl groups is 1. The van der Waals surface area contributed by atoms with Crippen molar-refractivity contribution in [1.29, 1.82) is 0 Å². The number of hydrogen-bond acceptors (Lipinski definition) is 1. The average molecular weight is 255 g/mol. The monoisotopic (exact) mass is 254 g/mol. The molecule has 0 aliphatic carbocycles. The number of rotatable bonds is 4. The Morgan fingerprint density at radius 2 is 2.21 bits per heavy atom. The molecule has 0 atom stereocenters. The van der Waals surface area contributed by atoms with Gasteiger partial charge in [0.1, 0.15) is 0 Å². The highest BCUT2D eigenvalue weighted by molar-refractivity contribution is 9.10. The predicted octanol–water partition coefficient (Wildman–Crippen LogP) is 3.75. The molecule has 0 aliphatic heterocycles.